The number of carbonyl (C=O) groups is 2. The Kier molecular flexibility index (Phi) is 4.06. The molecule has 2 aromatic rings. The maximum Gasteiger partial charge on any atom is 0.294 e. The van der Waals surface area contributed by atoms with Crippen molar-refractivity contribution in [3.63, 3.8) is 0 Å². The lowest BCUT2D eigenvalue weighted by Gasteiger charge is -2.18. The summed E-state index contributed by atoms with van der Waals surface area (Å²) in [5.41, 5.74) is 0.382. The van der Waals surface area contributed by atoms with Gasteiger partial charge in [0.15, 0.2) is 0 Å². The molecule has 0 radical (unpaired) electrons. The van der Waals surface area contributed by atoms with Crippen molar-refractivity contribution in [2.75, 3.05) is 16.8 Å². The first-order valence-electron chi connectivity index (χ1n) is 8.18. The molecule has 0 aliphatic carbocycles. The van der Waals surface area contributed by atoms with E-state index < -0.39 is 16.2 Å². The van der Waals surface area contributed by atoms with Crippen molar-refractivity contribution >= 4 is 28.9 Å². The molecule has 1 aliphatic rings. The number of carbonyl (C=O) groups excluding carboxylic acids is 2. The standard InChI is InChI=1S/C18H19N3O5/c1-5-20-14-8-15(21(24)25)13(7-12(14)18(3,4)17(20)23)19-16(22)11-6-10(2)26-9-11/h6-9H,5H2,1-4H3,(H,19,22). The number of amides is 2. The van der Waals surface area contributed by atoms with Gasteiger partial charge in [-0.05, 0) is 45.4 Å². The lowest BCUT2D eigenvalue weighted by atomic mass is 9.85. The SMILES string of the molecule is CCN1C(=O)C(C)(C)c2cc(NC(=O)c3coc(C)c3)c([N+](=O)[O-])cc21. The summed E-state index contributed by atoms with van der Waals surface area (Å²) in [7, 11) is 0. The molecule has 136 valence electrons. The van der Waals surface area contributed by atoms with Crippen LogP contribution in [0.25, 0.3) is 0 Å². The van der Waals surface area contributed by atoms with E-state index in [-0.39, 0.29) is 22.8 Å². The summed E-state index contributed by atoms with van der Waals surface area (Å²) < 4.78 is 5.10. The fourth-order valence-electron chi connectivity index (χ4n) is 3.19. The maximum absolute atomic E-state index is 12.6. The first-order chi connectivity index (χ1) is 12.2. The second kappa shape index (κ2) is 5.98. The van der Waals surface area contributed by atoms with Gasteiger partial charge in [0.25, 0.3) is 11.6 Å². The second-order valence-corrected chi connectivity index (χ2v) is 6.72. The summed E-state index contributed by atoms with van der Waals surface area (Å²) in [5.74, 6) is -0.0819. The summed E-state index contributed by atoms with van der Waals surface area (Å²) in [6.45, 7) is 7.45. The van der Waals surface area contributed by atoms with Crippen LogP contribution in [0.4, 0.5) is 17.1 Å². The molecule has 1 aromatic carbocycles. The number of nitro benzene ring substituents is 1. The van der Waals surface area contributed by atoms with Gasteiger partial charge in [-0.3, -0.25) is 19.7 Å². The van der Waals surface area contributed by atoms with Crippen LogP contribution in [0.3, 0.4) is 0 Å². The monoisotopic (exact) mass is 357 g/mol. The van der Waals surface area contributed by atoms with Crippen molar-refractivity contribution in [3.8, 4) is 0 Å². The van der Waals surface area contributed by atoms with Crippen LogP contribution in [0.2, 0.25) is 0 Å². The van der Waals surface area contributed by atoms with Crippen molar-refractivity contribution in [2.24, 2.45) is 0 Å². The van der Waals surface area contributed by atoms with Crippen molar-refractivity contribution in [1.82, 2.24) is 0 Å². The fraction of sp³-hybridized carbons (Fsp3) is 0.333. The number of furan rings is 1. The minimum Gasteiger partial charge on any atom is -0.469 e. The van der Waals surface area contributed by atoms with Gasteiger partial charge in [-0.1, -0.05) is 0 Å². The Morgan fingerprint density at radius 2 is 2.04 bits per heavy atom. The van der Waals surface area contributed by atoms with Gasteiger partial charge in [-0.2, -0.15) is 0 Å². The van der Waals surface area contributed by atoms with E-state index in [1.165, 1.54) is 23.3 Å². The second-order valence-electron chi connectivity index (χ2n) is 6.72. The predicted molar refractivity (Wildman–Crippen MR) is 95.5 cm³/mol. The molecule has 8 heteroatoms. The van der Waals surface area contributed by atoms with Crippen molar-refractivity contribution < 1.29 is 18.9 Å². The van der Waals surface area contributed by atoms with Gasteiger partial charge in [0.2, 0.25) is 5.91 Å². The van der Waals surface area contributed by atoms with Gasteiger partial charge in [-0.25, -0.2) is 0 Å². The van der Waals surface area contributed by atoms with Gasteiger partial charge in [0.05, 0.1) is 21.6 Å². The first-order valence-corrected chi connectivity index (χ1v) is 8.18. The molecule has 2 heterocycles. The zero-order chi connectivity index (χ0) is 19.2. The third-order valence-electron chi connectivity index (χ3n) is 4.61. The molecular weight excluding hydrogens is 338 g/mol. The van der Waals surface area contributed by atoms with E-state index in [2.05, 4.69) is 5.32 Å². The maximum atomic E-state index is 12.6. The molecule has 0 unspecified atom stereocenters. The Hall–Kier alpha value is -3.16. The van der Waals surface area contributed by atoms with Gasteiger partial charge in [0.1, 0.15) is 17.7 Å². The van der Waals surface area contributed by atoms with Crippen LogP contribution in [0, 0.1) is 17.0 Å². The number of benzene rings is 1. The van der Waals surface area contributed by atoms with Crippen LogP contribution in [-0.2, 0) is 10.2 Å². The highest BCUT2D eigenvalue weighted by molar-refractivity contribution is 6.10. The van der Waals surface area contributed by atoms with Crippen LogP contribution < -0.4 is 10.2 Å². The zero-order valence-corrected chi connectivity index (χ0v) is 15.0. The number of anilines is 2. The molecule has 0 bridgehead atoms. The number of hydrogen-bond donors (Lipinski definition) is 1. The lowest BCUT2D eigenvalue weighted by Crippen LogP contribution is -2.35. The van der Waals surface area contributed by atoms with Crippen LogP contribution >= 0.6 is 0 Å². The molecule has 1 aliphatic heterocycles. The van der Waals surface area contributed by atoms with E-state index in [1.54, 1.807) is 26.8 Å². The molecule has 0 atom stereocenters. The Labute approximate surface area is 149 Å². The van der Waals surface area contributed by atoms with Crippen LogP contribution in [0.5, 0.6) is 0 Å². The highest BCUT2D eigenvalue weighted by atomic mass is 16.6. The van der Waals surface area contributed by atoms with Crippen LogP contribution in [0.1, 0.15) is 42.5 Å². The molecule has 1 aromatic heterocycles. The Balaban J connectivity index is 2.09. The minimum atomic E-state index is -0.827. The van der Waals surface area contributed by atoms with E-state index in [4.69, 9.17) is 4.42 Å². The Morgan fingerprint density at radius 3 is 2.58 bits per heavy atom. The molecule has 26 heavy (non-hydrogen) atoms. The third kappa shape index (κ3) is 2.63. The van der Waals surface area contributed by atoms with Crippen molar-refractivity contribution in [1.29, 1.82) is 0 Å². The zero-order valence-electron chi connectivity index (χ0n) is 15.0. The summed E-state index contributed by atoms with van der Waals surface area (Å²) in [5, 5.41) is 14.1. The van der Waals surface area contributed by atoms with Crippen LogP contribution in [-0.4, -0.2) is 23.3 Å². The van der Waals surface area contributed by atoms with Crippen molar-refractivity contribution in [2.45, 2.75) is 33.1 Å². The number of aryl methyl sites for hydroxylation is 1. The topological polar surface area (TPSA) is 106 Å². The largest absolute Gasteiger partial charge is 0.469 e. The molecule has 0 saturated carbocycles. The summed E-state index contributed by atoms with van der Waals surface area (Å²) in [6, 6.07) is 4.41. The molecule has 1 N–H and O–H groups in total. The highest BCUT2D eigenvalue weighted by Crippen LogP contribution is 2.45. The average molecular weight is 357 g/mol. The Morgan fingerprint density at radius 1 is 1.35 bits per heavy atom. The summed E-state index contributed by atoms with van der Waals surface area (Å²) in [4.78, 5) is 37.5. The van der Waals surface area contributed by atoms with E-state index in [9.17, 15) is 19.7 Å². The number of nitrogens with zero attached hydrogens (tertiary/aromatic N) is 2. The molecule has 2 amide bonds. The molecular formula is C18H19N3O5. The molecule has 0 fully saturated rings. The Bertz CT molecular complexity index is 929. The number of fused-ring (bicyclic) bond motifs is 1. The number of nitrogens with one attached hydrogen (secondary N) is 1. The summed E-state index contributed by atoms with van der Waals surface area (Å²) >= 11 is 0. The molecule has 8 nitrogen and oxygen atoms in total. The van der Waals surface area contributed by atoms with E-state index in [1.807, 2.05) is 6.92 Å². The third-order valence-corrected chi connectivity index (χ3v) is 4.61. The van der Waals surface area contributed by atoms with Gasteiger partial charge >= 0.3 is 0 Å². The highest BCUT2D eigenvalue weighted by Gasteiger charge is 2.44. The minimum absolute atomic E-state index is 0.0523. The van der Waals surface area contributed by atoms with E-state index >= 15 is 0 Å². The number of likely N-dealkylation sites (N-methyl/N-ethyl adjacent to an activating group) is 1. The van der Waals surface area contributed by atoms with Gasteiger partial charge in [0, 0.05) is 12.6 Å². The lowest BCUT2D eigenvalue weighted by molar-refractivity contribution is -0.383. The molecule has 0 saturated heterocycles. The fourth-order valence-corrected chi connectivity index (χ4v) is 3.19. The first kappa shape index (κ1) is 17.7. The molecule has 0 spiro atoms. The normalized spacial score (nSPS) is 15.1. The summed E-state index contributed by atoms with van der Waals surface area (Å²) in [6.07, 6.45) is 1.29. The van der Waals surface area contributed by atoms with E-state index in [0.29, 0.717) is 23.6 Å². The van der Waals surface area contributed by atoms with E-state index in [0.717, 1.165) is 0 Å². The molecule has 3 rings (SSSR count). The average Bonchev–Trinajstić information content (AvgIpc) is 3.08. The predicted octanol–water partition coefficient (Wildman–Crippen LogP) is 3.39. The van der Waals surface area contributed by atoms with Crippen LogP contribution in [0.15, 0.2) is 28.9 Å². The van der Waals surface area contributed by atoms with Gasteiger partial charge in [-0.15, -0.1) is 0 Å². The quantitative estimate of drug-likeness (QED) is 0.667. The number of nitro groups is 1. The smallest absolute Gasteiger partial charge is 0.294 e. The number of rotatable bonds is 4. The van der Waals surface area contributed by atoms with Gasteiger partial charge < -0.3 is 14.6 Å². The number of hydrogen-bond acceptors (Lipinski definition) is 5. The van der Waals surface area contributed by atoms with Crippen molar-refractivity contribution in [3.05, 3.63) is 51.5 Å².